The zero-order chi connectivity index (χ0) is 11.5. The quantitative estimate of drug-likeness (QED) is 0.876. The van der Waals surface area contributed by atoms with Gasteiger partial charge in [-0.2, -0.15) is 0 Å². The summed E-state index contributed by atoms with van der Waals surface area (Å²) in [6.45, 7) is 8.47. The topological polar surface area (TPSA) is 42.2 Å². The van der Waals surface area contributed by atoms with Gasteiger partial charge in [-0.3, -0.25) is 4.90 Å². The Morgan fingerprint density at radius 1 is 1.50 bits per heavy atom. The van der Waals surface area contributed by atoms with Gasteiger partial charge in [-0.15, -0.1) is 11.3 Å². The zero-order valence-corrected chi connectivity index (χ0v) is 11.0. The summed E-state index contributed by atoms with van der Waals surface area (Å²) in [5.41, 5.74) is 6.96. The Hall–Kier alpha value is -0.450. The molecule has 0 amide bonds. The highest BCUT2D eigenvalue weighted by atomic mass is 32.1. The van der Waals surface area contributed by atoms with Crippen LogP contribution in [0.25, 0.3) is 0 Å². The molecular formula is C12H21N3S. The maximum Gasteiger partial charge on any atom is 0.0900 e. The number of thiazole rings is 1. The van der Waals surface area contributed by atoms with Crippen molar-refractivity contribution in [2.75, 3.05) is 19.6 Å². The van der Waals surface area contributed by atoms with Gasteiger partial charge in [0.15, 0.2) is 0 Å². The molecule has 1 aliphatic rings. The van der Waals surface area contributed by atoms with E-state index < -0.39 is 0 Å². The van der Waals surface area contributed by atoms with E-state index in [1.165, 1.54) is 35.0 Å². The Bertz CT molecular complexity index is 348. The summed E-state index contributed by atoms with van der Waals surface area (Å²) in [5.74, 6) is 0.697. The van der Waals surface area contributed by atoms with E-state index in [0.29, 0.717) is 5.92 Å². The predicted molar refractivity (Wildman–Crippen MR) is 68.6 cm³/mol. The van der Waals surface area contributed by atoms with Gasteiger partial charge in [0.2, 0.25) is 0 Å². The standard InChI is InChI=1S/C12H21N3S/c1-9-12(16-10(2)14-9)8-15-5-3-4-11(6-13)7-15/h11H,3-8,13H2,1-2H3. The Morgan fingerprint density at radius 3 is 2.94 bits per heavy atom. The molecule has 0 saturated carbocycles. The Kier molecular flexibility index (Phi) is 3.95. The van der Waals surface area contributed by atoms with E-state index in [4.69, 9.17) is 5.73 Å². The first-order chi connectivity index (χ1) is 7.69. The molecule has 1 fully saturated rings. The minimum atomic E-state index is 0.697. The van der Waals surface area contributed by atoms with Gasteiger partial charge in [-0.25, -0.2) is 4.98 Å². The summed E-state index contributed by atoms with van der Waals surface area (Å²) in [5, 5.41) is 1.18. The van der Waals surface area contributed by atoms with E-state index >= 15 is 0 Å². The van der Waals surface area contributed by atoms with Crippen LogP contribution in [0.1, 0.15) is 28.4 Å². The normalized spacial score (nSPS) is 22.6. The largest absolute Gasteiger partial charge is 0.330 e. The van der Waals surface area contributed by atoms with E-state index in [0.717, 1.165) is 19.6 Å². The van der Waals surface area contributed by atoms with Crippen molar-refractivity contribution in [1.82, 2.24) is 9.88 Å². The first kappa shape index (κ1) is 12.0. The molecule has 1 unspecified atom stereocenters. The highest BCUT2D eigenvalue weighted by Crippen LogP contribution is 2.22. The van der Waals surface area contributed by atoms with E-state index in [-0.39, 0.29) is 0 Å². The van der Waals surface area contributed by atoms with Crippen LogP contribution in [-0.4, -0.2) is 29.5 Å². The van der Waals surface area contributed by atoms with Crippen LogP contribution in [0.4, 0.5) is 0 Å². The van der Waals surface area contributed by atoms with Gasteiger partial charge >= 0.3 is 0 Å². The summed E-state index contributed by atoms with van der Waals surface area (Å²) in [4.78, 5) is 8.44. The lowest BCUT2D eigenvalue weighted by Gasteiger charge is -2.31. The number of rotatable bonds is 3. The molecule has 1 aromatic rings. The smallest absolute Gasteiger partial charge is 0.0900 e. The fraction of sp³-hybridized carbons (Fsp3) is 0.750. The van der Waals surface area contributed by atoms with Crippen molar-refractivity contribution >= 4 is 11.3 Å². The molecule has 90 valence electrons. The van der Waals surface area contributed by atoms with Crippen molar-refractivity contribution in [3.8, 4) is 0 Å². The van der Waals surface area contributed by atoms with E-state index in [9.17, 15) is 0 Å². The molecule has 1 atom stereocenters. The number of nitrogens with zero attached hydrogens (tertiary/aromatic N) is 2. The van der Waals surface area contributed by atoms with Crippen LogP contribution >= 0.6 is 11.3 Å². The van der Waals surface area contributed by atoms with Gasteiger partial charge in [-0.05, 0) is 45.7 Å². The minimum Gasteiger partial charge on any atom is -0.330 e. The first-order valence-electron chi connectivity index (χ1n) is 6.04. The second kappa shape index (κ2) is 5.25. The third-order valence-corrected chi connectivity index (χ3v) is 4.36. The number of aromatic nitrogens is 1. The van der Waals surface area contributed by atoms with Crippen molar-refractivity contribution in [2.45, 2.75) is 33.2 Å². The molecule has 2 N–H and O–H groups in total. The Morgan fingerprint density at radius 2 is 2.31 bits per heavy atom. The number of piperidine rings is 1. The van der Waals surface area contributed by atoms with Crippen LogP contribution in [0.2, 0.25) is 0 Å². The van der Waals surface area contributed by atoms with E-state index in [1.807, 2.05) is 11.3 Å². The molecule has 4 heteroatoms. The number of aryl methyl sites for hydroxylation is 2. The first-order valence-corrected chi connectivity index (χ1v) is 6.86. The number of hydrogen-bond donors (Lipinski definition) is 1. The number of nitrogens with two attached hydrogens (primary N) is 1. The molecule has 0 aliphatic carbocycles. The summed E-state index contributed by atoms with van der Waals surface area (Å²) in [7, 11) is 0. The average molecular weight is 239 g/mol. The van der Waals surface area contributed by atoms with Crippen LogP contribution in [0.15, 0.2) is 0 Å². The van der Waals surface area contributed by atoms with Crippen LogP contribution in [0, 0.1) is 19.8 Å². The molecule has 2 rings (SSSR count). The Labute approximate surface area is 102 Å². The SMILES string of the molecule is Cc1nc(C)c(CN2CCCC(CN)C2)s1. The summed E-state index contributed by atoms with van der Waals surface area (Å²) < 4.78 is 0. The van der Waals surface area contributed by atoms with Gasteiger partial charge in [0.05, 0.1) is 10.7 Å². The second-order valence-corrected chi connectivity index (χ2v) is 6.01. The third-order valence-electron chi connectivity index (χ3n) is 3.30. The van der Waals surface area contributed by atoms with Gasteiger partial charge in [0.1, 0.15) is 0 Å². The number of hydrogen-bond acceptors (Lipinski definition) is 4. The van der Waals surface area contributed by atoms with Crippen molar-refractivity contribution in [2.24, 2.45) is 11.7 Å². The molecule has 1 aromatic heterocycles. The fourth-order valence-electron chi connectivity index (χ4n) is 2.41. The second-order valence-electron chi connectivity index (χ2n) is 4.72. The third kappa shape index (κ3) is 2.81. The van der Waals surface area contributed by atoms with E-state index in [1.54, 1.807) is 0 Å². The zero-order valence-electron chi connectivity index (χ0n) is 10.2. The van der Waals surface area contributed by atoms with Crippen LogP contribution in [-0.2, 0) is 6.54 Å². The summed E-state index contributed by atoms with van der Waals surface area (Å²) in [6, 6.07) is 0. The fourth-order valence-corrected chi connectivity index (χ4v) is 3.39. The van der Waals surface area contributed by atoms with Crippen molar-refractivity contribution < 1.29 is 0 Å². The lowest BCUT2D eigenvalue weighted by atomic mass is 9.98. The maximum absolute atomic E-state index is 5.76. The van der Waals surface area contributed by atoms with Crippen molar-refractivity contribution in [3.05, 3.63) is 15.6 Å². The summed E-state index contributed by atoms with van der Waals surface area (Å²) >= 11 is 1.83. The molecule has 0 spiro atoms. The minimum absolute atomic E-state index is 0.697. The highest BCUT2D eigenvalue weighted by Gasteiger charge is 2.19. The molecular weight excluding hydrogens is 218 g/mol. The van der Waals surface area contributed by atoms with Crippen LogP contribution < -0.4 is 5.73 Å². The molecule has 0 radical (unpaired) electrons. The van der Waals surface area contributed by atoms with Crippen molar-refractivity contribution in [3.63, 3.8) is 0 Å². The van der Waals surface area contributed by atoms with Gasteiger partial charge < -0.3 is 5.73 Å². The lowest BCUT2D eigenvalue weighted by molar-refractivity contribution is 0.172. The number of likely N-dealkylation sites (tertiary alicyclic amines) is 1. The molecule has 0 bridgehead atoms. The molecule has 0 aromatic carbocycles. The van der Waals surface area contributed by atoms with Crippen LogP contribution in [0.3, 0.4) is 0 Å². The molecule has 1 saturated heterocycles. The van der Waals surface area contributed by atoms with Gasteiger partial charge in [0, 0.05) is 18.0 Å². The van der Waals surface area contributed by atoms with Gasteiger partial charge in [-0.1, -0.05) is 0 Å². The predicted octanol–water partition coefficient (Wildman–Crippen LogP) is 1.93. The Balaban J connectivity index is 1.96. The molecule has 16 heavy (non-hydrogen) atoms. The maximum atomic E-state index is 5.76. The van der Waals surface area contributed by atoms with Gasteiger partial charge in [0.25, 0.3) is 0 Å². The molecule has 3 nitrogen and oxygen atoms in total. The lowest BCUT2D eigenvalue weighted by Crippen LogP contribution is -2.37. The highest BCUT2D eigenvalue weighted by molar-refractivity contribution is 7.11. The average Bonchev–Trinajstić information content (AvgIpc) is 2.58. The van der Waals surface area contributed by atoms with Crippen LogP contribution in [0.5, 0.6) is 0 Å². The van der Waals surface area contributed by atoms with E-state index in [2.05, 4.69) is 23.7 Å². The molecule has 1 aliphatic heterocycles. The van der Waals surface area contributed by atoms with Crippen molar-refractivity contribution in [1.29, 1.82) is 0 Å². The monoisotopic (exact) mass is 239 g/mol. The molecule has 2 heterocycles. The summed E-state index contributed by atoms with van der Waals surface area (Å²) in [6.07, 6.45) is 2.59.